The van der Waals surface area contributed by atoms with E-state index < -0.39 is 0 Å². The molecule has 0 unspecified atom stereocenters. The predicted octanol–water partition coefficient (Wildman–Crippen LogP) is 2.17. The van der Waals surface area contributed by atoms with Crippen LogP contribution in [0.15, 0.2) is 48.7 Å². The van der Waals surface area contributed by atoms with E-state index in [4.69, 9.17) is 9.47 Å². The fraction of sp³-hybridized carbons (Fsp3) is 0.263. The van der Waals surface area contributed by atoms with Crippen molar-refractivity contribution in [2.24, 2.45) is 0 Å². The number of fused-ring (bicyclic) bond motifs is 1. The molecule has 1 aromatic carbocycles. The van der Waals surface area contributed by atoms with Crippen molar-refractivity contribution >= 4 is 17.8 Å². The number of hydrogen-bond donors (Lipinski definition) is 0. The highest BCUT2D eigenvalue weighted by Crippen LogP contribution is 2.32. The zero-order valence-corrected chi connectivity index (χ0v) is 13.8. The highest BCUT2D eigenvalue weighted by molar-refractivity contribution is 5.92. The zero-order valence-electron chi connectivity index (χ0n) is 13.8. The summed E-state index contributed by atoms with van der Waals surface area (Å²) in [5.74, 6) is 2.46. The molecule has 1 amide bonds. The first-order valence-corrected chi connectivity index (χ1v) is 8.32. The maximum atomic E-state index is 12.4. The van der Waals surface area contributed by atoms with Gasteiger partial charge in [-0.15, -0.1) is 0 Å². The summed E-state index contributed by atoms with van der Waals surface area (Å²) in [6.45, 7) is 3.23. The van der Waals surface area contributed by atoms with Crippen LogP contribution in [0, 0.1) is 0 Å². The normalized spacial score (nSPS) is 16.5. The topological polar surface area (TPSA) is 54.9 Å². The van der Waals surface area contributed by atoms with Crippen molar-refractivity contribution in [2.75, 3.05) is 37.9 Å². The molecule has 0 radical (unpaired) electrons. The molecule has 6 nitrogen and oxygen atoms in total. The Kier molecular flexibility index (Phi) is 4.24. The average molecular weight is 337 g/mol. The van der Waals surface area contributed by atoms with Crippen LogP contribution in [0.25, 0.3) is 6.08 Å². The van der Waals surface area contributed by atoms with E-state index in [9.17, 15) is 4.79 Å². The van der Waals surface area contributed by atoms with Crippen molar-refractivity contribution < 1.29 is 14.3 Å². The Labute approximate surface area is 146 Å². The third-order valence-corrected chi connectivity index (χ3v) is 4.38. The summed E-state index contributed by atoms with van der Waals surface area (Å²) in [5, 5.41) is 0. The zero-order chi connectivity index (χ0) is 17.1. The van der Waals surface area contributed by atoms with Crippen molar-refractivity contribution in [3.8, 4) is 11.5 Å². The second-order valence-corrected chi connectivity index (χ2v) is 5.95. The minimum atomic E-state index is 0.0262. The van der Waals surface area contributed by atoms with Crippen molar-refractivity contribution in [1.82, 2.24) is 9.88 Å². The van der Waals surface area contributed by atoms with Crippen LogP contribution >= 0.6 is 0 Å². The van der Waals surface area contributed by atoms with E-state index in [2.05, 4.69) is 9.88 Å². The van der Waals surface area contributed by atoms with Gasteiger partial charge in [0.15, 0.2) is 11.5 Å². The number of amides is 1. The fourth-order valence-electron chi connectivity index (χ4n) is 2.99. The summed E-state index contributed by atoms with van der Waals surface area (Å²) in [4.78, 5) is 20.8. The lowest BCUT2D eigenvalue weighted by Crippen LogP contribution is -2.48. The molecule has 0 aliphatic carbocycles. The number of piperazine rings is 1. The first kappa shape index (κ1) is 15.5. The lowest BCUT2D eigenvalue weighted by atomic mass is 10.2. The number of nitrogens with zero attached hydrogens (tertiary/aromatic N) is 3. The third kappa shape index (κ3) is 3.42. The summed E-state index contributed by atoms with van der Waals surface area (Å²) in [6.07, 6.45) is 5.23. The number of aromatic nitrogens is 1. The summed E-state index contributed by atoms with van der Waals surface area (Å²) in [6, 6.07) is 11.5. The Morgan fingerprint density at radius 1 is 1.04 bits per heavy atom. The molecule has 25 heavy (non-hydrogen) atoms. The highest BCUT2D eigenvalue weighted by atomic mass is 16.7. The van der Waals surface area contributed by atoms with E-state index in [1.165, 1.54) is 0 Å². The minimum Gasteiger partial charge on any atom is -0.454 e. The van der Waals surface area contributed by atoms with Gasteiger partial charge >= 0.3 is 0 Å². The number of ether oxygens (including phenoxy) is 2. The molecule has 1 fully saturated rings. The van der Waals surface area contributed by atoms with Gasteiger partial charge in [0, 0.05) is 38.5 Å². The van der Waals surface area contributed by atoms with Crippen LogP contribution in [0.1, 0.15) is 5.56 Å². The predicted molar refractivity (Wildman–Crippen MR) is 94.6 cm³/mol. The minimum absolute atomic E-state index is 0.0262. The van der Waals surface area contributed by atoms with Gasteiger partial charge in [0.25, 0.3) is 0 Å². The van der Waals surface area contributed by atoms with Gasteiger partial charge in [0.1, 0.15) is 5.82 Å². The molecular formula is C19H19N3O3. The van der Waals surface area contributed by atoms with Crippen molar-refractivity contribution in [3.05, 3.63) is 54.2 Å². The van der Waals surface area contributed by atoms with E-state index in [0.29, 0.717) is 13.1 Å². The molecule has 2 aliphatic rings. The summed E-state index contributed by atoms with van der Waals surface area (Å²) >= 11 is 0. The molecule has 0 atom stereocenters. The Morgan fingerprint density at radius 2 is 1.88 bits per heavy atom. The third-order valence-electron chi connectivity index (χ3n) is 4.38. The first-order chi connectivity index (χ1) is 12.3. The summed E-state index contributed by atoms with van der Waals surface area (Å²) in [5.41, 5.74) is 0.921. The van der Waals surface area contributed by atoms with Crippen molar-refractivity contribution in [1.29, 1.82) is 0 Å². The van der Waals surface area contributed by atoms with Crippen LogP contribution in [0.2, 0.25) is 0 Å². The molecule has 2 aliphatic heterocycles. The smallest absolute Gasteiger partial charge is 0.246 e. The fourth-order valence-corrected chi connectivity index (χ4v) is 2.99. The quantitative estimate of drug-likeness (QED) is 0.804. The van der Waals surface area contributed by atoms with E-state index in [0.717, 1.165) is 36.0 Å². The second kappa shape index (κ2) is 6.84. The first-order valence-electron chi connectivity index (χ1n) is 8.32. The maximum absolute atomic E-state index is 12.4. The Bertz CT molecular complexity index is 784. The van der Waals surface area contributed by atoms with Gasteiger partial charge in [-0.3, -0.25) is 4.79 Å². The van der Waals surface area contributed by atoms with Gasteiger partial charge in [-0.05, 0) is 35.9 Å². The number of anilines is 1. The van der Waals surface area contributed by atoms with Gasteiger partial charge in [0.2, 0.25) is 12.7 Å². The van der Waals surface area contributed by atoms with E-state index in [1.54, 1.807) is 12.3 Å². The molecule has 3 heterocycles. The highest BCUT2D eigenvalue weighted by Gasteiger charge is 2.20. The Morgan fingerprint density at radius 3 is 2.68 bits per heavy atom. The standard InChI is InChI=1S/C19H19N3O3/c23-19(7-5-15-4-6-16-17(13-15)25-14-24-16)22-11-9-21(10-12-22)18-3-1-2-8-20-18/h1-8,13H,9-12,14H2/b7-5+. The van der Waals surface area contributed by atoms with E-state index >= 15 is 0 Å². The van der Waals surface area contributed by atoms with Crippen LogP contribution in [0.3, 0.4) is 0 Å². The SMILES string of the molecule is O=C(/C=C/c1ccc2c(c1)OCO2)N1CCN(c2ccccn2)CC1. The molecule has 4 rings (SSSR count). The largest absolute Gasteiger partial charge is 0.454 e. The Hall–Kier alpha value is -3.02. The number of benzene rings is 1. The second-order valence-electron chi connectivity index (χ2n) is 5.95. The Balaban J connectivity index is 1.34. The van der Waals surface area contributed by atoms with Crippen molar-refractivity contribution in [2.45, 2.75) is 0 Å². The molecule has 0 N–H and O–H groups in total. The van der Waals surface area contributed by atoms with Gasteiger partial charge in [-0.1, -0.05) is 12.1 Å². The van der Waals surface area contributed by atoms with Crippen LogP contribution < -0.4 is 14.4 Å². The molecule has 1 saturated heterocycles. The number of pyridine rings is 1. The van der Waals surface area contributed by atoms with E-state index in [-0.39, 0.29) is 12.7 Å². The molecule has 6 heteroatoms. The summed E-state index contributed by atoms with van der Waals surface area (Å²) in [7, 11) is 0. The monoisotopic (exact) mass is 337 g/mol. The molecular weight excluding hydrogens is 318 g/mol. The summed E-state index contributed by atoms with van der Waals surface area (Å²) < 4.78 is 10.6. The lowest BCUT2D eigenvalue weighted by Gasteiger charge is -2.34. The number of rotatable bonds is 3. The molecule has 0 bridgehead atoms. The van der Waals surface area contributed by atoms with Gasteiger partial charge in [0.05, 0.1) is 0 Å². The van der Waals surface area contributed by atoms with Crippen LogP contribution in [0.4, 0.5) is 5.82 Å². The molecule has 2 aromatic rings. The van der Waals surface area contributed by atoms with Gasteiger partial charge in [-0.2, -0.15) is 0 Å². The maximum Gasteiger partial charge on any atom is 0.246 e. The number of carbonyl (C=O) groups excluding carboxylic acids is 1. The van der Waals surface area contributed by atoms with E-state index in [1.807, 2.05) is 47.4 Å². The van der Waals surface area contributed by atoms with Gasteiger partial charge < -0.3 is 19.3 Å². The van der Waals surface area contributed by atoms with Crippen LogP contribution in [-0.4, -0.2) is 48.8 Å². The molecule has 0 saturated carbocycles. The van der Waals surface area contributed by atoms with Gasteiger partial charge in [-0.25, -0.2) is 4.98 Å². The van der Waals surface area contributed by atoms with Crippen LogP contribution in [0.5, 0.6) is 11.5 Å². The number of hydrogen-bond acceptors (Lipinski definition) is 5. The number of carbonyl (C=O) groups is 1. The van der Waals surface area contributed by atoms with Crippen molar-refractivity contribution in [3.63, 3.8) is 0 Å². The molecule has 0 spiro atoms. The lowest BCUT2D eigenvalue weighted by molar-refractivity contribution is -0.126. The molecule has 128 valence electrons. The average Bonchev–Trinajstić information content (AvgIpc) is 3.15. The molecule has 1 aromatic heterocycles. The van der Waals surface area contributed by atoms with Crippen LogP contribution in [-0.2, 0) is 4.79 Å².